The van der Waals surface area contributed by atoms with Gasteiger partial charge < -0.3 is 10.2 Å². The highest BCUT2D eigenvalue weighted by Crippen LogP contribution is 2.23. The average molecular weight is 383 g/mol. The average Bonchev–Trinajstić information content (AvgIpc) is 2.67. The normalized spacial score (nSPS) is 14.8. The molecule has 150 valence electrons. The number of carboxylic acids is 2. The van der Waals surface area contributed by atoms with E-state index in [1.165, 1.54) is 54.6 Å². The van der Waals surface area contributed by atoms with Gasteiger partial charge in [0.05, 0.1) is 0 Å². The number of benzene rings is 2. The van der Waals surface area contributed by atoms with Gasteiger partial charge in [-0.1, -0.05) is 54.1 Å². The molecule has 0 bridgehead atoms. The first-order valence-electron chi connectivity index (χ1n) is 9.63. The Morgan fingerprint density at radius 2 is 1.57 bits per heavy atom. The minimum Gasteiger partial charge on any atom is -0.473 e. The molecule has 0 radical (unpaired) electrons. The molecular weight excluding hydrogens is 354 g/mol. The maximum Gasteiger partial charge on any atom is 0.414 e. The van der Waals surface area contributed by atoms with Gasteiger partial charge in [-0.05, 0) is 68.8 Å². The van der Waals surface area contributed by atoms with E-state index in [9.17, 15) is 0 Å². The van der Waals surface area contributed by atoms with Crippen LogP contribution in [0.3, 0.4) is 0 Å². The molecule has 1 aliphatic rings. The quantitative estimate of drug-likeness (QED) is 0.783. The SMILES string of the molecule is Cc1ccc(C)c(CN2CCC(Cc3ccccc3)CC2)c1.O=C(O)C(=O)O. The van der Waals surface area contributed by atoms with Crippen LogP contribution < -0.4 is 0 Å². The highest BCUT2D eigenvalue weighted by atomic mass is 16.4. The van der Waals surface area contributed by atoms with Crippen LogP contribution in [0.5, 0.6) is 0 Å². The first kappa shape index (κ1) is 21.6. The van der Waals surface area contributed by atoms with E-state index in [0.717, 1.165) is 12.5 Å². The van der Waals surface area contributed by atoms with Crippen molar-refractivity contribution in [2.75, 3.05) is 13.1 Å². The largest absolute Gasteiger partial charge is 0.473 e. The van der Waals surface area contributed by atoms with Crippen molar-refractivity contribution in [2.24, 2.45) is 5.92 Å². The van der Waals surface area contributed by atoms with E-state index < -0.39 is 11.9 Å². The molecule has 28 heavy (non-hydrogen) atoms. The lowest BCUT2D eigenvalue weighted by atomic mass is 9.90. The second-order valence-electron chi connectivity index (χ2n) is 7.45. The van der Waals surface area contributed by atoms with Crippen LogP contribution in [0.4, 0.5) is 0 Å². The molecule has 0 spiro atoms. The third-order valence-electron chi connectivity index (χ3n) is 5.16. The third-order valence-corrected chi connectivity index (χ3v) is 5.16. The van der Waals surface area contributed by atoms with E-state index in [2.05, 4.69) is 67.3 Å². The number of nitrogens with zero attached hydrogens (tertiary/aromatic N) is 1. The Hall–Kier alpha value is -2.66. The summed E-state index contributed by atoms with van der Waals surface area (Å²) < 4.78 is 0. The van der Waals surface area contributed by atoms with Crippen LogP contribution in [0.15, 0.2) is 48.5 Å². The van der Waals surface area contributed by atoms with E-state index >= 15 is 0 Å². The summed E-state index contributed by atoms with van der Waals surface area (Å²) >= 11 is 0. The van der Waals surface area contributed by atoms with Crippen LogP contribution in [-0.2, 0) is 22.6 Å². The molecule has 2 aromatic carbocycles. The molecule has 2 aromatic rings. The van der Waals surface area contributed by atoms with Gasteiger partial charge in [-0.2, -0.15) is 0 Å². The Balaban J connectivity index is 0.000000409. The number of aryl methyl sites for hydroxylation is 2. The molecular formula is C23H29NO4. The van der Waals surface area contributed by atoms with E-state index in [-0.39, 0.29) is 0 Å². The summed E-state index contributed by atoms with van der Waals surface area (Å²) in [5, 5.41) is 14.8. The Morgan fingerprint density at radius 3 is 2.14 bits per heavy atom. The van der Waals surface area contributed by atoms with Crippen molar-refractivity contribution in [3.8, 4) is 0 Å². The van der Waals surface area contributed by atoms with E-state index in [1.54, 1.807) is 0 Å². The van der Waals surface area contributed by atoms with Gasteiger partial charge in [0.25, 0.3) is 0 Å². The number of carboxylic acid groups (broad SMARTS) is 2. The van der Waals surface area contributed by atoms with Gasteiger partial charge in [0.2, 0.25) is 0 Å². The molecule has 0 aromatic heterocycles. The van der Waals surface area contributed by atoms with Crippen molar-refractivity contribution < 1.29 is 19.8 Å². The molecule has 0 saturated carbocycles. The fourth-order valence-electron chi connectivity index (χ4n) is 3.51. The van der Waals surface area contributed by atoms with E-state index in [1.807, 2.05) is 0 Å². The van der Waals surface area contributed by atoms with Crippen molar-refractivity contribution >= 4 is 11.9 Å². The number of carbonyl (C=O) groups is 2. The molecule has 1 saturated heterocycles. The molecule has 1 heterocycles. The number of hydrogen-bond donors (Lipinski definition) is 2. The number of rotatable bonds is 4. The Kier molecular flexibility index (Phi) is 8.20. The van der Waals surface area contributed by atoms with Crippen LogP contribution in [0.1, 0.15) is 35.1 Å². The number of likely N-dealkylation sites (tertiary alicyclic amines) is 1. The van der Waals surface area contributed by atoms with Crippen molar-refractivity contribution in [1.82, 2.24) is 4.90 Å². The Morgan fingerprint density at radius 1 is 0.964 bits per heavy atom. The predicted octanol–water partition coefficient (Wildman–Crippen LogP) is 3.91. The topological polar surface area (TPSA) is 77.8 Å². The fraction of sp³-hybridized carbons (Fsp3) is 0.391. The first-order valence-corrected chi connectivity index (χ1v) is 9.63. The van der Waals surface area contributed by atoms with Crippen molar-refractivity contribution in [2.45, 2.75) is 39.7 Å². The van der Waals surface area contributed by atoms with Crippen molar-refractivity contribution in [3.63, 3.8) is 0 Å². The molecule has 0 amide bonds. The molecule has 0 unspecified atom stereocenters. The van der Waals surface area contributed by atoms with E-state index in [0.29, 0.717) is 0 Å². The second-order valence-corrected chi connectivity index (χ2v) is 7.45. The maximum atomic E-state index is 9.10. The summed E-state index contributed by atoms with van der Waals surface area (Å²) in [6.45, 7) is 8.02. The van der Waals surface area contributed by atoms with Gasteiger partial charge in [0.15, 0.2) is 0 Å². The molecule has 1 fully saturated rings. The highest BCUT2D eigenvalue weighted by molar-refractivity contribution is 6.27. The minimum atomic E-state index is -1.82. The highest BCUT2D eigenvalue weighted by Gasteiger charge is 2.19. The van der Waals surface area contributed by atoms with Crippen LogP contribution in [0.2, 0.25) is 0 Å². The van der Waals surface area contributed by atoms with Crippen molar-refractivity contribution in [1.29, 1.82) is 0 Å². The summed E-state index contributed by atoms with van der Waals surface area (Å²) in [6, 6.07) is 17.8. The lowest BCUT2D eigenvalue weighted by molar-refractivity contribution is -0.159. The maximum absolute atomic E-state index is 9.10. The zero-order chi connectivity index (χ0) is 20.5. The molecule has 3 rings (SSSR count). The lowest BCUT2D eigenvalue weighted by Crippen LogP contribution is -2.34. The van der Waals surface area contributed by atoms with Gasteiger partial charge in [-0.25, -0.2) is 9.59 Å². The molecule has 0 aliphatic carbocycles. The third kappa shape index (κ3) is 7.16. The number of aliphatic carboxylic acids is 2. The molecule has 1 aliphatic heterocycles. The smallest absolute Gasteiger partial charge is 0.414 e. The summed E-state index contributed by atoms with van der Waals surface area (Å²) in [4.78, 5) is 20.8. The van der Waals surface area contributed by atoms with Gasteiger partial charge in [-0.3, -0.25) is 4.90 Å². The van der Waals surface area contributed by atoms with Crippen LogP contribution in [0, 0.1) is 19.8 Å². The number of piperidine rings is 1. The monoisotopic (exact) mass is 383 g/mol. The second kappa shape index (κ2) is 10.6. The van der Waals surface area contributed by atoms with Gasteiger partial charge in [0.1, 0.15) is 0 Å². The minimum absolute atomic E-state index is 0.859. The summed E-state index contributed by atoms with van der Waals surface area (Å²) in [7, 11) is 0. The van der Waals surface area contributed by atoms with Gasteiger partial charge >= 0.3 is 11.9 Å². The van der Waals surface area contributed by atoms with E-state index in [4.69, 9.17) is 19.8 Å². The van der Waals surface area contributed by atoms with Crippen LogP contribution in [-0.4, -0.2) is 40.1 Å². The Bertz CT molecular complexity index is 768. The van der Waals surface area contributed by atoms with Crippen LogP contribution in [0.25, 0.3) is 0 Å². The fourth-order valence-corrected chi connectivity index (χ4v) is 3.51. The summed E-state index contributed by atoms with van der Waals surface area (Å²) in [6.07, 6.45) is 3.91. The molecule has 5 heteroatoms. The predicted molar refractivity (Wildman–Crippen MR) is 109 cm³/mol. The first-order chi connectivity index (χ1) is 13.3. The van der Waals surface area contributed by atoms with Gasteiger partial charge in [0, 0.05) is 6.54 Å². The molecule has 0 atom stereocenters. The standard InChI is InChI=1S/C21H27N.C2H2O4/c1-17-8-9-18(2)21(14-17)16-22-12-10-20(11-13-22)15-19-6-4-3-5-7-19;3-1(4)2(5)6/h3-9,14,20H,10-13,15-16H2,1-2H3;(H,3,4)(H,5,6). The summed E-state index contributed by atoms with van der Waals surface area (Å²) in [5.41, 5.74) is 5.80. The summed E-state index contributed by atoms with van der Waals surface area (Å²) in [5.74, 6) is -2.79. The molecule has 2 N–H and O–H groups in total. The zero-order valence-electron chi connectivity index (χ0n) is 16.6. The Labute approximate surface area is 166 Å². The molecule has 5 nitrogen and oxygen atoms in total. The van der Waals surface area contributed by atoms with Crippen molar-refractivity contribution in [3.05, 3.63) is 70.8 Å². The number of hydrogen-bond acceptors (Lipinski definition) is 3. The zero-order valence-corrected chi connectivity index (χ0v) is 16.6. The van der Waals surface area contributed by atoms with Gasteiger partial charge in [-0.15, -0.1) is 0 Å². The lowest BCUT2D eigenvalue weighted by Gasteiger charge is -2.32. The van der Waals surface area contributed by atoms with Crippen LogP contribution >= 0.6 is 0 Å².